The van der Waals surface area contributed by atoms with Crippen LogP contribution >= 0.6 is 12.6 Å². The van der Waals surface area contributed by atoms with Gasteiger partial charge in [0.1, 0.15) is 17.8 Å². The largest absolute Gasteiger partial charge is 0.497 e. The first-order valence-electron chi connectivity index (χ1n) is 9.74. The number of piperazine rings is 1. The molecule has 0 unspecified atom stereocenters. The zero-order valence-electron chi connectivity index (χ0n) is 17.1. The monoisotopic (exact) mass is 430 g/mol. The summed E-state index contributed by atoms with van der Waals surface area (Å²) < 4.78 is 4.51. The number of methoxy groups -OCH3 is 1. The van der Waals surface area contributed by atoms with Crippen molar-refractivity contribution in [2.45, 2.75) is 49.4 Å². The minimum Gasteiger partial charge on any atom is -0.497 e. The molecule has 2 aromatic rings. The van der Waals surface area contributed by atoms with Gasteiger partial charge in [0, 0.05) is 4.75 Å². The van der Waals surface area contributed by atoms with E-state index in [-0.39, 0.29) is 24.7 Å². The Bertz CT molecular complexity index is 985. The van der Waals surface area contributed by atoms with E-state index in [0.29, 0.717) is 5.56 Å². The molecule has 0 aliphatic carbocycles. The highest BCUT2D eigenvalue weighted by Gasteiger charge is 2.40. The third-order valence-electron chi connectivity index (χ3n) is 5.40. The van der Waals surface area contributed by atoms with Gasteiger partial charge >= 0.3 is 5.97 Å². The lowest BCUT2D eigenvalue weighted by molar-refractivity contribution is -0.140. The van der Waals surface area contributed by atoms with Crippen molar-refractivity contribution in [2.24, 2.45) is 0 Å². The number of carbonyl (C=O) groups excluding carboxylic acids is 2. The number of nitrogens with one attached hydrogen (secondary N) is 2. The zero-order valence-corrected chi connectivity index (χ0v) is 18.0. The molecule has 0 bridgehead atoms. The van der Waals surface area contributed by atoms with E-state index >= 15 is 0 Å². The van der Waals surface area contributed by atoms with Crippen LogP contribution in [0.2, 0.25) is 0 Å². The molecule has 1 heterocycles. The number of carboxylic acids is 1. The van der Waals surface area contributed by atoms with Crippen molar-refractivity contribution in [3.63, 3.8) is 0 Å². The number of amides is 2. The fourth-order valence-corrected chi connectivity index (χ4v) is 3.86. The molecule has 8 heteroatoms. The van der Waals surface area contributed by atoms with Gasteiger partial charge in [-0.2, -0.15) is 12.6 Å². The molecular formula is C22H26N2O5S. The van der Waals surface area contributed by atoms with Gasteiger partial charge in [-0.25, -0.2) is 0 Å². The molecular weight excluding hydrogens is 404 g/mol. The normalized spacial score (nSPS) is 20.4. The molecule has 0 saturated carbocycles. The number of benzene rings is 2. The molecule has 0 aromatic heterocycles. The Kier molecular flexibility index (Phi) is 6.26. The lowest BCUT2D eigenvalue weighted by Crippen LogP contribution is -2.66. The molecule has 3 N–H and O–H groups in total. The van der Waals surface area contributed by atoms with Crippen LogP contribution in [0.3, 0.4) is 0 Å². The van der Waals surface area contributed by atoms with Crippen molar-refractivity contribution in [1.29, 1.82) is 0 Å². The summed E-state index contributed by atoms with van der Waals surface area (Å²) in [5.74, 6) is -1.67. The molecule has 1 aliphatic heterocycles. The van der Waals surface area contributed by atoms with Gasteiger partial charge in [0.2, 0.25) is 11.8 Å². The molecule has 0 radical (unpaired) electrons. The Morgan fingerprint density at radius 1 is 1.13 bits per heavy atom. The van der Waals surface area contributed by atoms with Gasteiger partial charge in [-0.05, 0) is 55.2 Å². The van der Waals surface area contributed by atoms with Crippen LogP contribution in [-0.2, 0) is 14.4 Å². The van der Waals surface area contributed by atoms with Crippen molar-refractivity contribution in [3.8, 4) is 5.75 Å². The third-order valence-corrected chi connectivity index (χ3v) is 5.66. The van der Waals surface area contributed by atoms with Crippen LogP contribution in [-0.4, -0.2) is 46.8 Å². The first-order valence-corrected chi connectivity index (χ1v) is 10.2. The van der Waals surface area contributed by atoms with Crippen LogP contribution in [0.4, 0.5) is 0 Å². The number of aliphatic carboxylic acids is 1. The maximum Gasteiger partial charge on any atom is 0.310 e. The van der Waals surface area contributed by atoms with Gasteiger partial charge in [0.15, 0.2) is 0 Å². The molecule has 160 valence electrons. The minimum absolute atomic E-state index is 0.213. The number of carboxylic acid groups (broad SMARTS) is 1. The Morgan fingerprint density at radius 3 is 2.43 bits per heavy atom. The van der Waals surface area contributed by atoms with E-state index in [4.69, 9.17) is 4.74 Å². The van der Waals surface area contributed by atoms with E-state index in [1.54, 1.807) is 27.0 Å². The van der Waals surface area contributed by atoms with E-state index in [1.807, 2.05) is 30.3 Å². The summed E-state index contributed by atoms with van der Waals surface area (Å²) in [7, 11) is 1.59. The number of carbonyl (C=O) groups is 3. The third kappa shape index (κ3) is 4.70. The van der Waals surface area contributed by atoms with Crippen LogP contribution in [0.5, 0.6) is 5.75 Å². The Hall–Kier alpha value is -2.74. The molecule has 0 spiro atoms. The van der Waals surface area contributed by atoms with E-state index in [9.17, 15) is 19.5 Å². The molecule has 3 rings (SSSR count). The first kappa shape index (κ1) is 22.0. The maximum atomic E-state index is 12.4. The second-order valence-electron chi connectivity index (χ2n) is 8.10. The average molecular weight is 431 g/mol. The number of thiol groups is 1. The van der Waals surface area contributed by atoms with Crippen molar-refractivity contribution in [2.75, 3.05) is 7.11 Å². The standard InChI is InChI=1S/C22H26N2O5S/c1-22(2,30)18-20(26)23-17(19(25)24-18)9-8-16(21(27)28)14-5-4-13-11-15(29-3)7-6-12(13)10-14/h4-7,10-11,16-18,30H,8-9H2,1-3H3,(H,23,26)(H,24,25)(H,27,28)/t16-,17-,18-/m0/s1. The number of ether oxygens (including phenoxy) is 1. The Labute approximate surface area is 180 Å². The molecule has 1 saturated heterocycles. The molecule has 2 amide bonds. The van der Waals surface area contributed by atoms with E-state index < -0.39 is 28.7 Å². The van der Waals surface area contributed by atoms with Crippen LogP contribution in [0.25, 0.3) is 10.8 Å². The predicted octanol–water partition coefficient (Wildman–Crippen LogP) is 2.49. The SMILES string of the molecule is COc1ccc2cc([C@H](CC[C@@H]3NC(=O)[C@@H](C(C)(C)S)NC3=O)C(=O)O)ccc2c1. The summed E-state index contributed by atoms with van der Waals surface area (Å²) >= 11 is 4.37. The van der Waals surface area contributed by atoms with Crippen molar-refractivity contribution in [3.05, 3.63) is 42.0 Å². The van der Waals surface area contributed by atoms with Gasteiger partial charge in [-0.1, -0.05) is 24.3 Å². The summed E-state index contributed by atoms with van der Waals surface area (Å²) in [4.78, 5) is 36.7. The maximum absolute atomic E-state index is 12.4. The quantitative estimate of drug-likeness (QED) is 0.505. The summed E-state index contributed by atoms with van der Waals surface area (Å²) in [6, 6.07) is 9.56. The van der Waals surface area contributed by atoms with Gasteiger partial charge in [0.25, 0.3) is 0 Å². The summed E-state index contributed by atoms with van der Waals surface area (Å²) in [5.41, 5.74) is 0.650. The first-order chi connectivity index (χ1) is 14.1. The van der Waals surface area contributed by atoms with E-state index in [1.165, 1.54) is 0 Å². The number of hydrogen-bond acceptors (Lipinski definition) is 5. The topological polar surface area (TPSA) is 105 Å². The fourth-order valence-electron chi connectivity index (χ4n) is 3.68. The lowest BCUT2D eigenvalue weighted by Gasteiger charge is -2.36. The van der Waals surface area contributed by atoms with Crippen molar-refractivity contribution in [1.82, 2.24) is 10.6 Å². The van der Waals surface area contributed by atoms with Crippen LogP contribution in [0.15, 0.2) is 36.4 Å². The van der Waals surface area contributed by atoms with E-state index in [0.717, 1.165) is 16.5 Å². The average Bonchev–Trinajstić information content (AvgIpc) is 2.68. The molecule has 30 heavy (non-hydrogen) atoms. The van der Waals surface area contributed by atoms with Gasteiger partial charge in [-0.15, -0.1) is 0 Å². The van der Waals surface area contributed by atoms with Gasteiger partial charge < -0.3 is 20.5 Å². The number of rotatable bonds is 7. The van der Waals surface area contributed by atoms with Crippen molar-refractivity contribution >= 4 is 41.2 Å². The minimum atomic E-state index is -0.972. The molecule has 1 aliphatic rings. The zero-order chi connectivity index (χ0) is 22.1. The van der Waals surface area contributed by atoms with Crippen LogP contribution in [0, 0.1) is 0 Å². The van der Waals surface area contributed by atoms with Crippen LogP contribution in [0.1, 0.15) is 38.2 Å². The van der Waals surface area contributed by atoms with Gasteiger partial charge in [0.05, 0.1) is 13.0 Å². The van der Waals surface area contributed by atoms with Crippen LogP contribution < -0.4 is 15.4 Å². The molecule has 3 atom stereocenters. The summed E-state index contributed by atoms with van der Waals surface area (Å²) in [6.07, 6.45) is 0.430. The second-order valence-corrected chi connectivity index (χ2v) is 9.25. The number of hydrogen-bond donors (Lipinski definition) is 4. The lowest BCUT2D eigenvalue weighted by atomic mass is 9.89. The van der Waals surface area contributed by atoms with E-state index in [2.05, 4.69) is 23.3 Å². The molecule has 7 nitrogen and oxygen atoms in total. The van der Waals surface area contributed by atoms with Gasteiger partial charge in [-0.3, -0.25) is 14.4 Å². The number of fused-ring (bicyclic) bond motifs is 1. The summed E-state index contributed by atoms with van der Waals surface area (Å²) in [5, 5.41) is 17.0. The summed E-state index contributed by atoms with van der Waals surface area (Å²) in [6.45, 7) is 3.49. The Morgan fingerprint density at radius 2 is 1.80 bits per heavy atom. The smallest absolute Gasteiger partial charge is 0.310 e. The highest BCUT2D eigenvalue weighted by molar-refractivity contribution is 7.81. The second kappa shape index (κ2) is 8.55. The fraction of sp³-hybridized carbons (Fsp3) is 0.409. The molecule has 1 fully saturated rings. The predicted molar refractivity (Wildman–Crippen MR) is 117 cm³/mol. The Balaban J connectivity index is 1.74. The highest BCUT2D eigenvalue weighted by atomic mass is 32.1. The molecule has 2 aromatic carbocycles. The highest BCUT2D eigenvalue weighted by Crippen LogP contribution is 2.29. The van der Waals surface area contributed by atoms with Crippen molar-refractivity contribution < 1.29 is 24.2 Å².